The maximum absolute atomic E-state index is 5.47. The second kappa shape index (κ2) is 13.3. The maximum atomic E-state index is 5.47. The van der Waals surface area contributed by atoms with E-state index in [1.807, 2.05) is 18.5 Å². The van der Waals surface area contributed by atoms with E-state index < -0.39 is 5.41 Å². The smallest absolute Gasteiger partial charge is 0.156 e. The second-order valence-corrected chi connectivity index (χ2v) is 15.8. The number of fused-ring (bicyclic) bond motifs is 10. The number of hydrogen-bond donors (Lipinski definition) is 0. The van der Waals surface area contributed by atoms with Crippen LogP contribution in [0.5, 0.6) is 0 Å². The minimum atomic E-state index is -0.403. The molecule has 59 heavy (non-hydrogen) atoms. The van der Waals surface area contributed by atoms with Crippen molar-refractivity contribution in [3.63, 3.8) is 0 Å². The Morgan fingerprint density at radius 1 is 0.424 bits per heavy atom. The first-order chi connectivity index (χ1) is 29.2. The predicted octanol–water partition coefficient (Wildman–Crippen LogP) is 13.7. The van der Waals surface area contributed by atoms with Gasteiger partial charge in [-0.3, -0.25) is 4.98 Å². The first-order valence-electron chi connectivity index (χ1n) is 20.5. The minimum absolute atomic E-state index is 0.403. The molecular formula is C56H37N3. The van der Waals surface area contributed by atoms with Crippen LogP contribution in [0.4, 0.5) is 0 Å². The van der Waals surface area contributed by atoms with E-state index >= 15 is 0 Å². The summed E-state index contributed by atoms with van der Waals surface area (Å²) in [6.45, 7) is 0. The van der Waals surface area contributed by atoms with Crippen molar-refractivity contribution in [1.29, 1.82) is 0 Å². The summed E-state index contributed by atoms with van der Waals surface area (Å²) in [4.78, 5) is 15.3. The highest BCUT2D eigenvalue weighted by molar-refractivity contribution is 5.99. The van der Waals surface area contributed by atoms with Gasteiger partial charge in [-0.05, 0) is 114 Å². The molecule has 9 aromatic rings. The van der Waals surface area contributed by atoms with Crippen LogP contribution in [0.2, 0.25) is 0 Å². The fraction of sp³-hybridized carbons (Fsp3) is 0.0536. The van der Waals surface area contributed by atoms with E-state index in [-0.39, 0.29) is 0 Å². The van der Waals surface area contributed by atoms with Gasteiger partial charge >= 0.3 is 0 Å². The first kappa shape index (κ1) is 33.6. The summed E-state index contributed by atoms with van der Waals surface area (Å²) in [5.41, 5.74) is 20.1. The maximum Gasteiger partial charge on any atom is 0.156 e. The van der Waals surface area contributed by atoms with E-state index in [0.717, 1.165) is 63.4 Å². The molecule has 0 aliphatic heterocycles. The predicted molar refractivity (Wildman–Crippen MR) is 241 cm³/mol. The van der Waals surface area contributed by atoms with Gasteiger partial charge in [0.05, 0.1) is 16.8 Å². The van der Waals surface area contributed by atoms with Crippen LogP contribution in [0.3, 0.4) is 0 Å². The quantitative estimate of drug-likeness (QED) is 0.176. The summed E-state index contributed by atoms with van der Waals surface area (Å²) in [6, 6.07) is 66.0. The van der Waals surface area contributed by atoms with Gasteiger partial charge in [0, 0.05) is 23.5 Å². The molecule has 0 N–H and O–H groups in total. The molecule has 7 aromatic carbocycles. The molecule has 0 saturated carbocycles. The zero-order valence-corrected chi connectivity index (χ0v) is 32.3. The Balaban J connectivity index is 1.04. The van der Waals surface area contributed by atoms with Crippen molar-refractivity contribution in [3.05, 3.63) is 234 Å². The summed E-state index contributed by atoms with van der Waals surface area (Å²) < 4.78 is 0. The van der Waals surface area contributed by atoms with Gasteiger partial charge in [-0.2, -0.15) is 0 Å². The second-order valence-electron chi connectivity index (χ2n) is 15.8. The lowest BCUT2D eigenvalue weighted by Crippen LogP contribution is -2.27. The highest BCUT2D eigenvalue weighted by atomic mass is 14.9. The summed E-state index contributed by atoms with van der Waals surface area (Å²) in [6.07, 6.45) is 7.95. The van der Waals surface area contributed by atoms with Crippen LogP contribution in [0.25, 0.3) is 77.8 Å². The van der Waals surface area contributed by atoms with E-state index in [4.69, 9.17) is 9.97 Å². The lowest BCUT2D eigenvalue weighted by atomic mass is 9.68. The normalized spacial score (nSPS) is 14.5. The standard InChI is InChI=1S/C56H37N3/c1-2-17-43-37(12-1)13-10-21-44(43)39-14-9-15-40(32-39)54-34-53(38-27-25-36(26-28-38)42-16-11-31-57-35-42)58-55(59-54)41-29-30-48-47-20-5-8-24-51(47)56(52(48)33-41)49-22-6-3-18-45(49)46-19-4-7-23-50(46)56/h1-28,31-35H,29-30H2. The topological polar surface area (TPSA) is 38.7 Å². The molecule has 0 saturated heterocycles. The van der Waals surface area contributed by atoms with E-state index in [2.05, 4.69) is 187 Å². The Bertz CT molecular complexity index is 3160. The van der Waals surface area contributed by atoms with E-state index in [9.17, 15) is 0 Å². The van der Waals surface area contributed by atoms with Crippen molar-refractivity contribution in [2.75, 3.05) is 0 Å². The van der Waals surface area contributed by atoms with Crippen LogP contribution in [0, 0.1) is 0 Å². The van der Waals surface area contributed by atoms with Gasteiger partial charge in [0.25, 0.3) is 0 Å². The van der Waals surface area contributed by atoms with Gasteiger partial charge in [0.15, 0.2) is 5.82 Å². The lowest BCUT2D eigenvalue weighted by molar-refractivity contribution is 0.781. The monoisotopic (exact) mass is 751 g/mol. The third-order valence-electron chi connectivity index (χ3n) is 12.7. The summed E-state index contributed by atoms with van der Waals surface area (Å²) in [5, 5.41) is 2.47. The minimum Gasteiger partial charge on any atom is -0.264 e. The number of aromatic nitrogens is 3. The third-order valence-corrected chi connectivity index (χ3v) is 12.7. The fourth-order valence-corrected chi connectivity index (χ4v) is 10.1. The van der Waals surface area contributed by atoms with Crippen molar-refractivity contribution in [1.82, 2.24) is 15.0 Å². The summed E-state index contributed by atoms with van der Waals surface area (Å²) >= 11 is 0. The molecule has 0 unspecified atom stereocenters. The van der Waals surface area contributed by atoms with Crippen molar-refractivity contribution in [2.24, 2.45) is 0 Å². The number of benzene rings is 7. The zero-order valence-electron chi connectivity index (χ0n) is 32.3. The largest absolute Gasteiger partial charge is 0.264 e. The molecule has 3 heteroatoms. The average Bonchev–Trinajstić information content (AvgIpc) is 3.79. The van der Waals surface area contributed by atoms with Crippen LogP contribution in [-0.4, -0.2) is 15.0 Å². The Morgan fingerprint density at radius 2 is 1.02 bits per heavy atom. The van der Waals surface area contributed by atoms with Gasteiger partial charge < -0.3 is 0 Å². The summed E-state index contributed by atoms with van der Waals surface area (Å²) in [5.74, 6) is 0.779. The van der Waals surface area contributed by atoms with Gasteiger partial charge in [-0.25, -0.2) is 9.97 Å². The van der Waals surface area contributed by atoms with Gasteiger partial charge in [-0.1, -0.05) is 170 Å². The highest BCUT2D eigenvalue weighted by Crippen LogP contribution is 2.63. The van der Waals surface area contributed by atoms with Gasteiger partial charge in [0.1, 0.15) is 0 Å². The molecule has 3 aliphatic rings. The molecule has 0 radical (unpaired) electrons. The molecule has 0 fully saturated rings. The van der Waals surface area contributed by atoms with Crippen LogP contribution in [-0.2, 0) is 5.41 Å². The van der Waals surface area contributed by atoms with E-state index in [1.165, 1.54) is 60.9 Å². The van der Waals surface area contributed by atoms with Crippen molar-refractivity contribution >= 4 is 21.9 Å². The summed E-state index contributed by atoms with van der Waals surface area (Å²) in [7, 11) is 0. The Morgan fingerprint density at radius 3 is 1.78 bits per heavy atom. The third kappa shape index (κ3) is 5.18. The van der Waals surface area contributed by atoms with E-state index in [1.54, 1.807) is 0 Å². The van der Waals surface area contributed by atoms with Crippen LogP contribution in [0.15, 0.2) is 206 Å². The average molecular weight is 752 g/mol. The van der Waals surface area contributed by atoms with Crippen LogP contribution >= 0.6 is 0 Å². The molecule has 0 amide bonds. The number of rotatable bonds is 5. The zero-order chi connectivity index (χ0) is 38.9. The van der Waals surface area contributed by atoms with E-state index in [0.29, 0.717) is 0 Å². The number of nitrogens with zero attached hydrogens (tertiary/aromatic N) is 3. The molecule has 1 spiro atoms. The fourth-order valence-electron chi connectivity index (χ4n) is 10.1. The molecule has 0 bridgehead atoms. The molecule has 12 rings (SSSR count). The number of hydrogen-bond acceptors (Lipinski definition) is 3. The first-order valence-corrected chi connectivity index (χ1v) is 20.5. The SMILES string of the molecule is C1=C(c2nc(-c3ccc(-c4cccnc4)cc3)cc(-c3cccc(-c4cccc5ccccc45)c3)n2)CCC2=C1C1(c3ccccc32)c2ccccc2-c2ccccc21. The molecular weight excluding hydrogens is 715 g/mol. The van der Waals surface area contributed by atoms with Gasteiger partial charge in [-0.15, -0.1) is 0 Å². The van der Waals surface area contributed by atoms with Crippen molar-refractivity contribution in [3.8, 4) is 55.9 Å². The van der Waals surface area contributed by atoms with Gasteiger partial charge in [0.2, 0.25) is 0 Å². The Labute approximate surface area is 343 Å². The highest BCUT2D eigenvalue weighted by Gasteiger charge is 2.52. The molecule has 2 heterocycles. The molecule has 276 valence electrons. The number of allylic oxidation sites excluding steroid dienone is 4. The Kier molecular flexibility index (Phi) is 7.58. The molecule has 3 nitrogen and oxygen atoms in total. The lowest BCUT2D eigenvalue weighted by Gasteiger charge is -2.32. The van der Waals surface area contributed by atoms with Crippen LogP contribution in [0.1, 0.15) is 40.9 Å². The molecule has 3 aliphatic carbocycles. The van der Waals surface area contributed by atoms with Crippen LogP contribution < -0.4 is 0 Å². The Hall–Kier alpha value is -7.49. The van der Waals surface area contributed by atoms with Crippen molar-refractivity contribution in [2.45, 2.75) is 18.3 Å². The molecule has 2 aromatic heterocycles. The molecule has 0 atom stereocenters. The van der Waals surface area contributed by atoms with Crippen molar-refractivity contribution < 1.29 is 0 Å². The number of pyridine rings is 1.